The van der Waals surface area contributed by atoms with Crippen LogP contribution < -0.4 is 5.32 Å². The molecule has 1 aromatic carbocycles. The molecule has 4 nitrogen and oxygen atoms in total. The van der Waals surface area contributed by atoms with Gasteiger partial charge in [-0.2, -0.15) is 4.98 Å². The summed E-state index contributed by atoms with van der Waals surface area (Å²) in [4.78, 5) is 4.56. The van der Waals surface area contributed by atoms with Crippen LogP contribution in [0.15, 0.2) is 33.3 Å². The van der Waals surface area contributed by atoms with Crippen LogP contribution in [0.1, 0.15) is 30.6 Å². The molecule has 19 heavy (non-hydrogen) atoms. The molecule has 1 aromatic heterocycles. The molecular weight excluding hydrogens is 306 g/mol. The fourth-order valence-electron chi connectivity index (χ4n) is 2.40. The van der Waals surface area contributed by atoms with Gasteiger partial charge in [0.05, 0.1) is 5.41 Å². The molecule has 1 saturated heterocycles. The fourth-order valence-corrected chi connectivity index (χ4v) is 2.85. The summed E-state index contributed by atoms with van der Waals surface area (Å²) in [5, 5.41) is 7.45. The summed E-state index contributed by atoms with van der Waals surface area (Å²) in [6.07, 6.45) is 1.75. The number of benzene rings is 1. The lowest BCUT2D eigenvalue weighted by molar-refractivity contribution is 0.304. The molecule has 0 bridgehead atoms. The molecule has 100 valence electrons. The summed E-state index contributed by atoms with van der Waals surface area (Å²) in [5.74, 6) is 1.50. The van der Waals surface area contributed by atoms with E-state index < -0.39 is 0 Å². The van der Waals surface area contributed by atoms with Gasteiger partial charge in [-0.15, -0.1) is 0 Å². The Bertz CT molecular complexity index is 576. The molecule has 1 aliphatic heterocycles. The summed E-state index contributed by atoms with van der Waals surface area (Å²) >= 11 is 3.47. The van der Waals surface area contributed by atoms with Crippen molar-refractivity contribution in [2.45, 2.75) is 25.2 Å². The van der Waals surface area contributed by atoms with E-state index in [4.69, 9.17) is 4.52 Å². The zero-order valence-electron chi connectivity index (χ0n) is 10.8. The summed E-state index contributed by atoms with van der Waals surface area (Å²) in [6.45, 7) is 4.09. The molecule has 5 heteroatoms. The molecule has 0 amide bonds. The lowest BCUT2D eigenvalue weighted by Crippen LogP contribution is -2.25. The zero-order chi connectivity index (χ0) is 13.3. The first-order valence-electron chi connectivity index (χ1n) is 6.44. The predicted molar refractivity (Wildman–Crippen MR) is 76.1 cm³/mol. The van der Waals surface area contributed by atoms with E-state index in [-0.39, 0.29) is 5.41 Å². The second-order valence-electron chi connectivity index (χ2n) is 5.31. The van der Waals surface area contributed by atoms with E-state index in [1.54, 1.807) is 0 Å². The van der Waals surface area contributed by atoms with Gasteiger partial charge in [-0.25, -0.2) is 0 Å². The van der Waals surface area contributed by atoms with Crippen LogP contribution in [-0.4, -0.2) is 23.2 Å². The summed E-state index contributed by atoms with van der Waals surface area (Å²) in [5.41, 5.74) is 1.17. The lowest BCUT2D eigenvalue weighted by Gasteiger charge is -2.15. The molecule has 3 rings (SSSR count). The van der Waals surface area contributed by atoms with Crippen molar-refractivity contribution >= 4 is 15.9 Å². The van der Waals surface area contributed by atoms with Gasteiger partial charge in [-0.1, -0.05) is 33.2 Å². The molecule has 1 N–H and O–H groups in total. The van der Waals surface area contributed by atoms with Gasteiger partial charge < -0.3 is 9.84 Å². The van der Waals surface area contributed by atoms with Gasteiger partial charge in [0.15, 0.2) is 5.82 Å². The Morgan fingerprint density at radius 2 is 2.37 bits per heavy atom. The third-order valence-corrected chi connectivity index (χ3v) is 4.10. The molecule has 1 aliphatic rings. The monoisotopic (exact) mass is 321 g/mol. The normalized spacial score (nSPS) is 22.8. The molecule has 0 spiro atoms. The second-order valence-corrected chi connectivity index (χ2v) is 6.23. The highest BCUT2D eigenvalue weighted by Gasteiger charge is 2.36. The van der Waals surface area contributed by atoms with Gasteiger partial charge in [0.1, 0.15) is 0 Å². The Morgan fingerprint density at radius 3 is 3.11 bits per heavy atom. The lowest BCUT2D eigenvalue weighted by atomic mass is 9.90. The van der Waals surface area contributed by atoms with Crippen molar-refractivity contribution in [2.24, 2.45) is 0 Å². The SMILES string of the molecule is CC1(c2nc(Cc3cccc(Br)c3)no2)CCNC1. The van der Waals surface area contributed by atoms with Crippen molar-refractivity contribution in [3.05, 3.63) is 46.0 Å². The largest absolute Gasteiger partial charge is 0.339 e. The summed E-state index contributed by atoms with van der Waals surface area (Å²) in [7, 11) is 0. The van der Waals surface area contributed by atoms with E-state index in [2.05, 4.69) is 50.4 Å². The Balaban J connectivity index is 1.78. The van der Waals surface area contributed by atoms with Crippen LogP contribution in [0.2, 0.25) is 0 Å². The molecule has 2 heterocycles. The number of nitrogens with zero attached hydrogens (tertiary/aromatic N) is 2. The Kier molecular flexibility index (Phi) is 3.41. The smallest absolute Gasteiger partial charge is 0.233 e. The van der Waals surface area contributed by atoms with E-state index in [0.717, 1.165) is 35.7 Å². The Labute approximate surface area is 120 Å². The number of halogens is 1. The number of aromatic nitrogens is 2. The van der Waals surface area contributed by atoms with Gasteiger partial charge in [-0.3, -0.25) is 0 Å². The number of rotatable bonds is 3. The van der Waals surface area contributed by atoms with Gasteiger partial charge in [0.2, 0.25) is 5.89 Å². The van der Waals surface area contributed by atoms with Crippen LogP contribution in [0.5, 0.6) is 0 Å². The zero-order valence-corrected chi connectivity index (χ0v) is 12.4. The van der Waals surface area contributed by atoms with E-state index in [9.17, 15) is 0 Å². The van der Waals surface area contributed by atoms with E-state index in [0.29, 0.717) is 6.42 Å². The minimum absolute atomic E-state index is 0.0114. The van der Waals surface area contributed by atoms with Crippen LogP contribution in [0.3, 0.4) is 0 Å². The maximum Gasteiger partial charge on any atom is 0.233 e. The Morgan fingerprint density at radius 1 is 1.47 bits per heavy atom. The molecular formula is C14H16BrN3O. The highest BCUT2D eigenvalue weighted by molar-refractivity contribution is 9.10. The third kappa shape index (κ3) is 2.72. The summed E-state index contributed by atoms with van der Waals surface area (Å²) < 4.78 is 6.51. The molecule has 0 radical (unpaired) electrons. The molecule has 2 aromatic rings. The third-order valence-electron chi connectivity index (χ3n) is 3.60. The van der Waals surface area contributed by atoms with E-state index in [1.807, 2.05) is 12.1 Å². The second kappa shape index (κ2) is 5.06. The number of hydrogen-bond donors (Lipinski definition) is 1. The van der Waals surface area contributed by atoms with Gasteiger partial charge >= 0.3 is 0 Å². The first-order chi connectivity index (χ1) is 9.16. The highest BCUT2D eigenvalue weighted by atomic mass is 79.9. The fraction of sp³-hybridized carbons (Fsp3) is 0.429. The van der Waals surface area contributed by atoms with Crippen LogP contribution in [0.4, 0.5) is 0 Å². The molecule has 1 fully saturated rings. The van der Waals surface area contributed by atoms with Crippen molar-refractivity contribution in [1.29, 1.82) is 0 Å². The molecule has 0 aliphatic carbocycles. The van der Waals surface area contributed by atoms with Crippen molar-refractivity contribution in [2.75, 3.05) is 13.1 Å². The van der Waals surface area contributed by atoms with Crippen molar-refractivity contribution in [1.82, 2.24) is 15.5 Å². The first kappa shape index (κ1) is 12.8. The average Bonchev–Trinajstić information content (AvgIpc) is 2.99. The minimum atomic E-state index is -0.0114. The number of nitrogens with one attached hydrogen (secondary N) is 1. The van der Waals surface area contributed by atoms with Crippen molar-refractivity contribution in [3.8, 4) is 0 Å². The highest BCUT2D eigenvalue weighted by Crippen LogP contribution is 2.28. The topological polar surface area (TPSA) is 51.0 Å². The van der Waals surface area contributed by atoms with E-state index >= 15 is 0 Å². The van der Waals surface area contributed by atoms with Crippen LogP contribution in [0, 0.1) is 0 Å². The van der Waals surface area contributed by atoms with Gasteiger partial charge in [0, 0.05) is 17.4 Å². The summed E-state index contributed by atoms with van der Waals surface area (Å²) in [6, 6.07) is 8.17. The maximum absolute atomic E-state index is 5.44. The van der Waals surface area contributed by atoms with Crippen LogP contribution >= 0.6 is 15.9 Å². The first-order valence-corrected chi connectivity index (χ1v) is 7.23. The van der Waals surface area contributed by atoms with Crippen molar-refractivity contribution in [3.63, 3.8) is 0 Å². The standard InChI is InChI=1S/C14H16BrN3O/c1-14(5-6-16-9-14)13-17-12(18-19-13)8-10-3-2-4-11(15)7-10/h2-4,7,16H,5-6,8-9H2,1H3. The van der Waals surface area contributed by atoms with E-state index in [1.165, 1.54) is 5.56 Å². The average molecular weight is 322 g/mol. The van der Waals surface area contributed by atoms with Gasteiger partial charge in [0.25, 0.3) is 0 Å². The van der Waals surface area contributed by atoms with Crippen molar-refractivity contribution < 1.29 is 4.52 Å². The molecule has 1 unspecified atom stereocenters. The molecule has 1 atom stereocenters. The maximum atomic E-state index is 5.44. The quantitative estimate of drug-likeness (QED) is 0.944. The number of hydrogen-bond acceptors (Lipinski definition) is 4. The van der Waals surface area contributed by atoms with Crippen LogP contribution in [0.25, 0.3) is 0 Å². The van der Waals surface area contributed by atoms with Crippen LogP contribution in [-0.2, 0) is 11.8 Å². The predicted octanol–water partition coefficient (Wildman–Crippen LogP) is 2.67. The Hall–Kier alpha value is -1.20. The van der Waals surface area contributed by atoms with Gasteiger partial charge in [-0.05, 0) is 37.6 Å². The minimum Gasteiger partial charge on any atom is -0.339 e. The molecule has 0 saturated carbocycles.